The van der Waals surface area contributed by atoms with Crippen LogP contribution >= 0.6 is 15.9 Å². The number of aryl methyl sites for hydroxylation is 1. The van der Waals surface area contributed by atoms with E-state index in [2.05, 4.69) is 15.9 Å². The van der Waals surface area contributed by atoms with Crippen LogP contribution in [0, 0.1) is 0 Å². The normalized spacial score (nSPS) is 16.9. The van der Waals surface area contributed by atoms with E-state index in [1.165, 1.54) is 0 Å². The quantitative estimate of drug-likeness (QED) is 0.914. The molecule has 1 amide bonds. The van der Waals surface area contributed by atoms with E-state index in [0.717, 1.165) is 10.0 Å². The zero-order valence-electron chi connectivity index (χ0n) is 11.1. The van der Waals surface area contributed by atoms with Crippen molar-refractivity contribution in [1.82, 2.24) is 9.47 Å². The van der Waals surface area contributed by atoms with Crippen molar-refractivity contribution >= 4 is 21.8 Å². The van der Waals surface area contributed by atoms with Crippen LogP contribution in [-0.4, -0.2) is 33.6 Å². The first-order valence-electron chi connectivity index (χ1n) is 6.39. The van der Waals surface area contributed by atoms with Crippen molar-refractivity contribution in [3.63, 3.8) is 0 Å². The monoisotopic (exact) mass is 334 g/mol. The number of carbonyl (C=O) groups excluding carboxylic acids is 1. The second-order valence-electron chi connectivity index (χ2n) is 5.20. The molecule has 0 aliphatic carbocycles. The average molecular weight is 335 g/mol. The van der Waals surface area contributed by atoms with Gasteiger partial charge in [0.1, 0.15) is 11.3 Å². The van der Waals surface area contributed by atoms with Crippen LogP contribution in [0.25, 0.3) is 0 Å². The van der Waals surface area contributed by atoms with Gasteiger partial charge in [0, 0.05) is 17.7 Å². The van der Waals surface area contributed by atoms with Crippen molar-refractivity contribution in [2.45, 2.75) is 5.60 Å². The Labute approximate surface area is 125 Å². The van der Waals surface area contributed by atoms with E-state index in [1.54, 1.807) is 15.5 Å². The van der Waals surface area contributed by atoms with Gasteiger partial charge in [-0.15, -0.1) is 0 Å². The minimum absolute atomic E-state index is 0.0423. The van der Waals surface area contributed by atoms with Crippen LogP contribution in [-0.2, 0) is 12.6 Å². The maximum absolute atomic E-state index is 12.3. The first-order valence-corrected chi connectivity index (χ1v) is 7.18. The number of halogens is 1. The molecule has 0 spiro atoms. The van der Waals surface area contributed by atoms with Gasteiger partial charge in [-0.2, -0.15) is 0 Å². The van der Waals surface area contributed by atoms with E-state index in [9.17, 15) is 9.90 Å². The molecule has 2 aromatic rings. The SMILES string of the molecule is Cn1cccc1C(=O)N1CC(O)(c2ccc(Br)cc2)C1. The van der Waals surface area contributed by atoms with Crippen LogP contribution in [0.5, 0.6) is 0 Å². The summed E-state index contributed by atoms with van der Waals surface area (Å²) in [5, 5.41) is 10.5. The molecule has 1 fully saturated rings. The third-order valence-corrected chi connectivity index (χ3v) is 4.27. The smallest absolute Gasteiger partial charge is 0.270 e. The lowest BCUT2D eigenvalue weighted by Gasteiger charge is -2.46. The molecule has 4 nitrogen and oxygen atoms in total. The average Bonchev–Trinajstić information content (AvgIpc) is 2.81. The number of amides is 1. The number of likely N-dealkylation sites (tertiary alicyclic amines) is 1. The zero-order chi connectivity index (χ0) is 14.3. The highest BCUT2D eigenvalue weighted by atomic mass is 79.9. The molecule has 20 heavy (non-hydrogen) atoms. The first kappa shape index (κ1) is 13.4. The molecule has 5 heteroatoms. The highest BCUT2D eigenvalue weighted by molar-refractivity contribution is 9.10. The number of aliphatic hydroxyl groups is 1. The van der Waals surface area contributed by atoms with Gasteiger partial charge in [-0.05, 0) is 29.8 Å². The summed E-state index contributed by atoms with van der Waals surface area (Å²) in [5.41, 5.74) is 0.557. The lowest BCUT2D eigenvalue weighted by molar-refractivity contribution is -0.0866. The molecule has 0 radical (unpaired) electrons. The number of aromatic nitrogens is 1. The molecule has 0 bridgehead atoms. The van der Waals surface area contributed by atoms with Crippen LogP contribution in [0.15, 0.2) is 47.1 Å². The fourth-order valence-corrected chi connectivity index (χ4v) is 2.78. The Bertz CT molecular complexity index is 642. The van der Waals surface area contributed by atoms with Crippen LogP contribution in [0.1, 0.15) is 16.1 Å². The van der Waals surface area contributed by atoms with Crippen LogP contribution in [0.3, 0.4) is 0 Å². The van der Waals surface area contributed by atoms with Crippen LogP contribution in [0.4, 0.5) is 0 Å². The lowest BCUT2D eigenvalue weighted by Crippen LogP contribution is -2.61. The van der Waals surface area contributed by atoms with Gasteiger partial charge in [-0.1, -0.05) is 28.1 Å². The molecule has 104 valence electrons. The number of nitrogens with zero attached hydrogens (tertiary/aromatic N) is 2. The minimum Gasteiger partial charge on any atom is -0.381 e. The van der Waals surface area contributed by atoms with E-state index in [4.69, 9.17) is 0 Å². The predicted octanol–water partition coefficient (Wildman–Crippen LogP) is 2.13. The Morgan fingerprint density at radius 1 is 1.25 bits per heavy atom. The number of carbonyl (C=O) groups is 1. The number of hydrogen-bond acceptors (Lipinski definition) is 2. The Hall–Kier alpha value is -1.59. The largest absolute Gasteiger partial charge is 0.381 e. The second kappa shape index (κ2) is 4.75. The Balaban J connectivity index is 1.73. The van der Waals surface area contributed by atoms with Crippen LogP contribution < -0.4 is 0 Å². The zero-order valence-corrected chi connectivity index (χ0v) is 12.7. The molecule has 0 saturated carbocycles. The van der Waals surface area contributed by atoms with E-state index in [-0.39, 0.29) is 5.91 Å². The molecule has 1 saturated heterocycles. The number of benzene rings is 1. The third-order valence-electron chi connectivity index (χ3n) is 3.74. The summed E-state index contributed by atoms with van der Waals surface area (Å²) in [6.07, 6.45) is 1.84. The Morgan fingerprint density at radius 3 is 2.45 bits per heavy atom. The van der Waals surface area contributed by atoms with E-state index in [0.29, 0.717) is 18.8 Å². The van der Waals surface area contributed by atoms with E-state index < -0.39 is 5.60 Å². The highest BCUT2D eigenvalue weighted by Gasteiger charge is 2.45. The van der Waals surface area contributed by atoms with E-state index >= 15 is 0 Å². The third kappa shape index (κ3) is 2.17. The highest BCUT2D eigenvalue weighted by Crippen LogP contribution is 2.33. The summed E-state index contributed by atoms with van der Waals surface area (Å²) in [5.74, 6) is -0.0423. The van der Waals surface area contributed by atoms with Crippen molar-refractivity contribution in [3.8, 4) is 0 Å². The molecule has 1 N–H and O–H groups in total. The second-order valence-corrected chi connectivity index (χ2v) is 6.12. The van der Waals surface area contributed by atoms with Crippen molar-refractivity contribution in [2.24, 2.45) is 7.05 Å². The Morgan fingerprint density at radius 2 is 1.90 bits per heavy atom. The van der Waals surface area contributed by atoms with E-state index in [1.807, 2.05) is 43.6 Å². The van der Waals surface area contributed by atoms with Crippen molar-refractivity contribution in [3.05, 3.63) is 58.3 Å². The van der Waals surface area contributed by atoms with Crippen LogP contribution in [0.2, 0.25) is 0 Å². The van der Waals surface area contributed by atoms with Gasteiger partial charge in [-0.25, -0.2) is 0 Å². The van der Waals surface area contributed by atoms with Gasteiger partial charge in [0.05, 0.1) is 13.1 Å². The van der Waals surface area contributed by atoms with Gasteiger partial charge in [0.25, 0.3) is 5.91 Å². The molecule has 1 aromatic carbocycles. The molecule has 1 aliphatic heterocycles. The van der Waals surface area contributed by atoms with Gasteiger partial charge in [-0.3, -0.25) is 4.79 Å². The molecular weight excluding hydrogens is 320 g/mol. The lowest BCUT2D eigenvalue weighted by atomic mass is 9.86. The molecule has 3 rings (SSSR count). The van der Waals surface area contributed by atoms with Crippen molar-refractivity contribution in [1.29, 1.82) is 0 Å². The summed E-state index contributed by atoms with van der Waals surface area (Å²) in [7, 11) is 1.84. The minimum atomic E-state index is -0.929. The predicted molar refractivity (Wildman–Crippen MR) is 79.4 cm³/mol. The van der Waals surface area contributed by atoms with Gasteiger partial charge < -0.3 is 14.6 Å². The standard InChI is InChI=1S/C15H15BrN2O2/c1-17-8-2-3-13(17)14(19)18-9-15(20,10-18)11-4-6-12(16)7-5-11/h2-8,20H,9-10H2,1H3. The topological polar surface area (TPSA) is 45.5 Å². The number of rotatable bonds is 2. The van der Waals surface area contributed by atoms with Gasteiger partial charge in [0.15, 0.2) is 0 Å². The maximum Gasteiger partial charge on any atom is 0.270 e. The fraction of sp³-hybridized carbons (Fsp3) is 0.267. The summed E-state index contributed by atoms with van der Waals surface area (Å²) in [6, 6.07) is 11.2. The first-order chi connectivity index (χ1) is 9.49. The summed E-state index contributed by atoms with van der Waals surface area (Å²) < 4.78 is 2.76. The summed E-state index contributed by atoms with van der Waals surface area (Å²) >= 11 is 3.37. The molecule has 1 aliphatic rings. The molecule has 0 unspecified atom stereocenters. The molecular formula is C15H15BrN2O2. The molecule has 0 atom stereocenters. The number of β-amino-alcohol motifs (C(OH)–C–C–N with tert-alkyl or cyclic N) is 1. The summed E-state index contributed by atoms with van der Waals surface area (Å²) in [4.78, 5) is 13.9. The number of hydrogen-bond donors (Lipinski definition) is 1. The van der Waals surface area contributed by atoms with Crippen molar-refractivity contribution in [2.75, 3.05) is 13.1 Å². The Kier molecular flexibility index (Phi) is 3.18. The molecule has 2 heterocycles. The van der Waals surface area contributed by atoms with Gasteiger partial charge in [0.2, 0.25) is 0 Å². The molecule has 1 aromatic heterocycles. The van der Waals surface area contributed by atoms with Crippen molar-refractivity contribution < 1.29 is 9.90 Å². The van der Waals surface area contributed by atoms with Gasteiger partial charge >= 0.3 is 0 Å². The maximum atomic E-state index is 12.3. The fourth-order valence-electron chi connectivity index (χ4n) is 2.52. The summed E-state index contributed by atoms with van der Waals surface area (Å²) in [6.45, 7) is 0.664.